The maximum Gasteiger partial charge on any atom is 0.243 e. The van der Waals surface area contributed by atoms with Crippen molar-refractivity contribution >= 4 is 26.5 Å². The van der Waals surface area contributed by atoms with Gasteiger partial charge in [0.25, 0.3) is 0 Å². The summed E-state index contributed by atoms with van der Waals surface area (Å²) in [5.74, 6) is 0. The molecule has 0 spiro atoms. The smallest absolute Gasteiger partial charge is 0.243 e. The predicted molar refractivity (Wildman–Crippen MR) is 76.4 cm³/mol. The van der Waals surface area contributed by atoms with Gasteiger partial charge in [0.2, 0.25) is 10.0 Å². The second-order valence-corrected chi connectivity index (χ2v) is 6.72. The lowest BCUT2D eigenvalue weighted by molar-refractivity contribution is 0.478. The Morgan fingerprint density at radius 3 is 2.26 bits per heavy atom. The number of nitrogens with zero attached hydrogens (tertiary/aromatic N) is 1. The van der Waals surface area contributed by atoms with Gasteiger partial charge in [-0.05, 0) is 25.0 Å². The molecule has 2 aromatic carbocycles. The van der Waals surface area contributed by atoms with Crippen molar-refractivity contribution in [3.63, 3.8) is 0 Å². The fraction of sp³-hybridized carbons (Fsp3) is 0.286. The molecule has 2 aromatic rings. The van der Waals surface area contributed by atoms with Gasteiger partial charge in [-0.1, -0.05) is 24.3 Å². The van der Waals surface area contributed by atoms with Gasteiger partial charge in [-0.2, -0.15) is 4.31 Å². The highest BCUT2D eigenvalue weighted by Crippen LogP contribution is 2.30. The van der Waals surface area contributed by atoms with Crippen LogP contribution >= 0.6 is 0 Å². The molecule has 4 nitrogen and oxygen atoms in total. The van der Waals surface area contributed by atoms with Gasteiger partial charge in [-0.15, -0.1) is 0 Å². The normalized spacial score (nSPS) is 17.1. The number of nitrogen functional groups attached to an aromatic ring is 1. The zero-order chi connectivity index (χ0) is 13.5. The lowest BCUT2D eigenvalue weighted by Crippen LogP contribution is -2.28. The second-order valence-electron chi connectivity index (χ2n) is 4.81. The monoisotopic (exact) mass is 276 g/mol. The molecular weight excluding hydrogens is 260 g/mol. The Labute approximate surface area is 112 Å². The third-order valence-electron chi connectivity index (χ3n) is 3.60. The van der Waals surface area contributed by atoms with Crippen LogP contribution in [0.25, 0.3) is 10.8 Å². The molecule has 0 aliphatic carbocycles. The summed E-state index contributed by atoms with van der Waals surface area (Å²) in [5, 5.41) is 1.50. The quantitative estimate of drug-likeness (QED) is 0.855. The molecule has 1 aliphatic heterocycles. The zero-order valence-corrected chi connectivity index (χ0v) is 11.4. The summed E-state index contributed by atoms with van der Waals surface area (Å²) in [5.41, 5.74) is 6.52. The highest BCUT2D eigenvalue weighted by molar-refractivity contribution is 7.89. The highest BCUT2D eigenvalue weighted by atomic mass is 32.2. The van der Waals surface area contributed by atoms with Crippen LogP contribution in [-0.2, 0) is 10.0 Å². The van der Waals surface area contributed by atoms with Gasteiger partial charge < -0.3 is 5.73 Å². The molecule has 19 heavy (non-hydrogen) atoms. The average molecular weight is 276 g/mol. The minimum absolute atomic E-state index is 0.360. The van der Waals surface area contributed by atoms with Gasteiger partial charge in [0, 0.05) is 29.5 Å². The predicted octanol–water partition coefficient (Wildman–Crippen LogP) is 2.21. The number of hydrogen-bond acceptors (Lipinski definition) is 3. The van der Waals surface area contributed by atoms with Crippen molar-refractivity contribution < 1.29 is 8.42 Å². The number of nitrogens with two attached hydrogens (primary N) is 1. The largest absolute Gasteiger partial charge is 0.398 e. The lowest BCUT2D eigenvalue weighted by Gasteiger charge is -2.17. The standard InChI is InChI=1S/C14H16N2O2S/c15-13-7-8-14(12-6-2-1-5-11(12)13)19(17,18)16-9-3-4-10-16/h1-2,5-8H,3-4,9-10,15H2. The summed E-state index contributed by atoms with van der Waals surface area (Å²) in [6.07, 6.45) is 1.87. The Balaban J connectivity index is 2.23. The summed E-state index contributed by atoms with van der Waals surface area (Å²) >= 11 is 0. The van der Waals surface area contributed by atoms with Gasteiger partial charge >= 0.3 is 0 Å². The van der Waals surface area contributed by atoms with E-state index in [-0.39, 0.29) is 0 Å². The van der Waals surface area contributed by atoms with Crippen LogP contribution in [0.5, 0.6) is 0 Å². The van der Waals surface area contributed by atoms with E-state index in [1.54, 1.807) is 16.4 Å². The first kappa shape index (κ1) is 12.4. The Hall–Kier alpha value is -1.59. The second kappa shape index (κ2) is 4.51. The fourth-order valence-electron chi connectivity index (χ4n) is 2.59. The molecule has 0 amide bonds. The number of sulfonamides is 1. The van der Waals surface area contributed by atoms with Crippen LogP contribution in [0.15, 0.2) is 41.3 Å². The molecule has 0 bridgehead atoms. The molecule has 5 heteroatoms. The number of fused-ring (bicyclic) bond motifs is 1. The maximum atomic E-state index is 12.6. The van der Waals surface area contributed by atoms with E-state index in [9.17, 15) is 8.42 Å². The van der Waals surface area contributed by atoms with E-state index in [4.69, 9.17) is 5.73 Å². The van der Waals surface area contributed by atoms with E-state index >= 15 is 0 Å². The molecule has 2 N–H and O–H groups in total. The third-order valence-corrected chi connectivity index (χ3v) is 5.56. The van der Waals surface area contributed by atoms with Crippen LogP contribution in [0, 0.1) is 0 Å². The third kappa shape index (κ3) is 1.99. The number of benzene rings is 2. The molecule has 0 atom stereocenters. The van der Waals surface area contributed by atoms with E-state index in [1.807, 2.05) is 24.3 Å². The van der Waals surface area contributed by atoms with E-state index in [0.29, 0.717) is 29.1 Å². The Morgan fingerprint density at radius 2 is 1.58 bits per heavy atom. The fourth-order valence-corrected chi connectivity index (χ4v) is 4.30. The molecule has 1 saturated heterocycles. The topological polar surface area (TPSA) is 63.4 Å². The van der Waals surface area contributed by atoms with Crippen LogP contribution in [-0.4, -0.2) is 25.8 Å². The molecule has 1 heterocycles. The van der Waals surface area contributed by atoms with Crippen LogP contribution in [0.4, 0.5) is 5.69 Å². The van der Waals surface area contributed by atoms with Crippen LogP contribution in [0.2, 0.25) is 0 Å². The minimum atomic E-state index is -3.40. The van der Waals surface area contributed by atoms with Gasteiger partial charge in [0.15, 0.2) is 0 Å². The molecule has 1 fully saturated rings. The van der Waals surface area contributed by atoms with Crippen molar-refractivity contribution in [2.45, 2.75) is 17.7 Å². The highest BCUT2D eigenvalue weighted by Gasteiger charge is 2.28. The molecular formula is C14H16N2O2S. The molecule has 0 unspecified atom stereocenters. The first-order valence-electron chi connectivity index (χ1n) is 6.38. The van der Waals surface area contributed by atoms with Gasteiger partial charge in [-0.25, -0.2) is 8.42 Å². The summed E-state index contributed by atoms with van der Waals surface area (Å²) in [4.78, 5) is 0.360. The Morgan fingerprint density at radius 1 is 0.947 bits per heavy atom. The number of rotatable bonds is 2. The number of hydrogen-bond donors (Lipinski definition) is 1. The van der Waals surface area contributed by atoms with Crippen molar-refractivity contribution in [2.24, 2.45) is 0 Å². The average Bonchev–Trinajstić information content (AvgIpc) is 2.94. The molecule has 0 saturated carbocycles. The SMILES string of the molecule is Nc1ccc(S(=O)(=O)N2CCCC2)c2ccccc12. The Kier molecular flexibility index (Phi) is 2.95. The van der Waals surface area contributed by atoms with Crippen molar-refractivity contribution in [1.29, 1.82) is 0 Å². The summed E-state index contributed by atoms with van der Waals surface area (Å²) in [6.45, 7) is 1.22. The van der Waals surface area contributed by atoms with Crippen molar-refractivity contribution in [3.8, 4) is 0 Å². The van der Waals surface area contributed by atoms with Gasteiger partial charge in [-0.3, -0.25) is 0 Å². The van der Waals surface area contributed by atoms with Crippen molar-refractivity contribution in [3.05, 3.63) is 36.4 Å². The van der Waals surface area contributed by atoms with Crippen LogP contribution in [0.3, 0.4) is 0 Å². The van der Waals surface area contributed by atoms with E-state index in [0.717, 1.165) is 18.2 Å². The summed E-state index contributed by atoms with van der Waals surface area (Å²) in [7, 11) is -3.40. The minimum Gasteiger partial charge on any atom is -0.398 e. The maximum absolute atomic E-state index is 12.6. The first-order valence-corrected chi connectivity index (χ1v) is 7.82. The zero-order valence-electron chi connectivity index (χ0n) is 10.5. The molecule has 0 aromatic heterocycles. The summed E-state index contributed by atoms with van der Waals surface area (Å²) < 4.78 is 26.9. The van der Waals surface area contributed by atoms with Crippen LogP contribution in [0.1, 0.15) is 12.8 Å². The van der Waals surface area contributed by atoms with Gasteiger partial charge in [0.05, 0.1) is 4.90 Å². The summed E-state index contributed by atoms with van der Waals surface area (Å²) in [6, 6.07) is 10.7. The van der Waals surface area contributed by atoms with Crippen molar-refractivity contribution in [1.82, 2.24) is 4.31 Å². The first-order chi connectivity index (χ1) is 9.10. The lowest BCUT2D eigenvalue weighted by atomic mass is 10.1. The van der Waals surface area contributed by atoms with E-state index < -0.39 is 10.0 Å². The van der Waals surface area contributed by atoms with Crippen molar-refractivity contribution in [2.75, 3.05) is 18.8 Å². The molecule has 100 valence electrons. The molecule has 3 rings (SSSR count). The van der Waals surface area contributed by atoms with Crippen LogP contribution < -0.4 is 5.73 Å². The van der Waals surface area contributed by atoms with Gasteiger partial charge in [0.1, 0.15) is 0 Å². The van der Waals surface area contributed by atoms with E-state index in [2.05, 4.69) is 0 Å². The van der Waals surface area contributed by atoms with E-state index in [1.165, 1.54) is 0 Å². The number of anilines is 1. The molecule has 1 aliphatic rings. The molecule has 0 radical (unpaired) electrons. The Bertz CT molecular complexity index is 719.